The Morgan fingerprint density at radius 3 is 2.66 bits per heavy atom. The van der Waals surface area contributed by atoms with Crippen LogP contribution in [-0.4, -0.2) is 50.5 Å². The number of fused-ring (bicyclic) bond motifs is 3. The van der Waals surface area contributed by atoms with E-state index in [0.717, 1.165) is 48.7 Å². The van der Waals surface area contributed by atoms with Crippen molar-refractivity contribution < 1.29 is 0 Å². The lowest BCUT2D eigenvalue weighted by molar-refractivity contribution is 0.588. The van der Waals surface area contributed by atoms with Crippen molar-refractivity contribution in [2.45, 2.75) is 38.5 Å². The standard InChI is InChI=1S/C24H28N8/c1-16-12-21(26-14-19(16)31-10-8-25-9-11-31)29-24-28-13-18-6-7-22-27-15-20(17-4-2-3-5-17)32(22)23(18)30-24/h6-7,12-15,17,25H,2-5,8-11H2,1H3,(H,26,28,29,30). The number of hydrogen-bond acceptors (Lipinski definition) is 7. The average molecular weight is 429 g/mol. The molecule has 32 heavy (non-hydrogen) atoms. The lowest BCUT2D eigenvalue weighted by Gasteiger charge is -2.30. The quantitative estimate of drug-likeness (QED) is 0.512. The van der Waals surface area contributed by atoms with Crippen LogP contribution in [0.2, 0.25) is 0 Å². The van der Waals surface area contributed by atoms with Crippen LogP contribution in [0.1, 0.15) is 42.9 Å². The van der Waals surface area contributed by atoms with E-state index < -0.39 is 0 Å². The Kier molecular flexibility index (Phi) is 4.87. The molecule has 2 N–H and O–H groups in total. The molecule has 8 heteroatoms. The highest BCUT2D eigenvalue weighted by Gasteiger charge is 2.22. The first-order valence-corrected chi connectivity index (χ1v) is 11.6. The van der Waals surface area contributed by atoms with Crippen molar-refractivity contribution in [2.24, 2.45) is 0 Å². The lowest BCUT2D eigenvalue weighted by atomic mass is 10.1. The predicted molar refractivity (Wildman–Crippen MR) is 127 cm³/mol. The number of piperazine rings is 1. The van der Waals surface area contributed by atoms with Gasteiger partial charge in [-0.05, 0) is 43.5 Å². The maximum absolute atomic E-state index is 4.89. The molecule has 4 aromatic heterocycles. The third-order valence-electron chi connectivity index (χ3n) is 6.79. The summed E-state index contributed by atoms with van der Waals surface area (Å²) < 4.78 is 2.21. The molecule has 6 rings (SSSR count). The van der Waals surface area contributed by atoms with E-state index in [0.29, 0.717) is 11.9 Å². The van der Waals surface area contributed by atoms with E-state index in [1.54, 1.807) is 0 Å². The molecule has 8 nitrogen and oxygen atoms in total. The molecule has 0 aromatic carbocycles. The van der Waals surface area contributed by atoms with Crippen LogP contribution >= 0.6 is 0 Å². The van der Waals surface area contributed by atoms with Gasteiger partial charge in [0.2, 0.25) is 5.95 Å². The van der Waals surface area contributed by atoms with Gasteiger partial charge < -0.3 is 15.5 Å². The molecule has 5 heterocycles. The summed E-state index contributed by atoms with van der Waals surface area (Å²) in [5.74, 6) is 1.87. The molecule has 0 unspecified atom stereocenters. The summed E-state index contributed by atoms with van der Waals surface area (Å²) in [7, 11) is 0. The average Bonchev–Trinajstić information content (AvgIpc) is 3.50. The monoisotopic (exact) mass is 428 g/mol. The van der Waals surface area contributed by atoms with Gasteiger partial charge in [-0.2, -0.15) is 4.98 Å². The molecular formula is C24H28N8. The minimum absolute atomic E-state index is 0.554. The summed E-state index contributed by atoms with van der Waals surface area (Å²) in [5, 5.41) is 7.72. The summed E-state index contributed by atoms with van der Waals surface area (Å²) in [5.41, 5.74) is 5.50. The van der Waals surface area contributed by atoms with E-state index in [9.17, 15) is 0 Å². The van der Waals surface area contributed by atoms with Crippen LogP contribution in [0.15, 0.2) is 36.8 Å². The number of nitrogens with zero attached hydrogens (tertiary/aromatic N) is 6. The zero-order valence-corrected chi connectivity index (χ0v) is 18.4. The highest BCUT2D eigenvalue weighted by molar-refractivity contribution is 5.79. The Labute approximate surface area is 187 Å². The van der Waals surface area contributed by atoms with E-state index in [4.69, 9.17) is 4.98 Å². The van der Waals surface area contributed by atoms with Gasteiger partial charge in [0, 0.05) is 55.6 Å². The number of nitrogens with one attached hydrogen (secondary N) is 2. The molecule has 1 aliphatic heterocycles. The van der Waals surface area contributed by atoms with Gasteiger partial charge in [0.25, 0.3) is 0 Å². The first-order valence-electron chi connectivity index (χ1n) is 11.6. The molecule has 0 bridgehead atoms. The first kappa shape index (κ1) is 19.4. The fraction of sp³-hybridized carbons (Fsp3) is 0.417. The van der Waals surface area contributed by atoms with Crippen LogP contribution in [-0.2, 0) is 0 Å². The summed E-state index contributed by atoms with van der Waals surface area (Å²) in [6, 6.07) is 6.17. The van der Waals surface area contributed by atoms with Gasteiger partial charge in [0.15, 0.2) is 5.65 Å². The van der Waals surface area contributed by atoms with Gasteiger partial charge in [0.1, 0.15) is 11.5 Å². The third kappa shape index (κ3) is 3.44. The smallest absolute Gasteiger partial charge is 0.230 e. The van der Waals surface area contributed by atoms with Gasteiger partial charge in [0.05, 0.1) is 11.9 Å². The summed E-state index contributed by atoms with van der Waals surface area (Å²) in [6.07, 6.45) is 10.9. The second kappa shape index (κ2) is 8.02. The molecule has 0 atom stereocenters. The number of aromatic nitrogens is 5. The Morgan fingerprint density at radius 1 is 1.00 bits per heavy atom. The number of rotatable bonds is 4. The first-order chi connectivity index (χ1) is 15.8. The molecule has 2 aliphatic rings. The molecule has 164 valence electrons. The van der Waals surface area contributed by atoms with Crippen molar-refractivity contribution in [2.75, 3.05) is 36.4 Å². The number of aryl methyl sites for hydroxylation is 1. The Morgan fingerprint density at radius 2 is 1.84 bits per heavy atom. The van der Waals surface area contributed by atoms with Crippen molar-refractivity contribution in [3.8, 4) is 0 Å². The fourth-order valence-corrected chi connectivity index (χ4v) is 5.11. The molecule has 4 aromatic rings. The van der Waals surface area contributed by atoms with Crippen LogP contribution in [0.4, 0.5) is 17.5 Å². The van der Waals surface area contributed by atoms with Crippen molar-refractivity contribution in [1.82, 2.24) is 29.7 Å². The van der Waals surface area contributed by atoms with E-state index in [2.05, 4.69) is 53.9 Å². The van der Waals surface area contributed by atoms with Gasteiger partial charge in [-0.25, -0.2) is 15.0 Å². The Balaban J connectivity index is 1.34. The molecule has 0 radical (unpaired) electrons. The molecule has 0 spiro atoms. The van der Waals surface area contributed by atoms with Gasteiger partial charge in [-0.3, -0.25) is 4.40 Å². The molecular weight excluding hydrogens is 400 g/mol. The Bertz CT molecular complexity index is 1270. The normalized spacial score (nSPS) is 17.5. The molecule has 0 amide bonds. The number of hydrogen-bond donors (Lipinski definition) is 2. The Hall–Kier alpha value is -3.26. The largest absolute Gasteiger partial charge is 0.368 e. The predicted octanol–water partition coefficient (Wildman–Crippen LogP) is 3.79. The number of pyridine rings is 2. The summed E-state index contributed by atoms with van der Waals surface area (Å²) >= 11 is 0. The molecule has 1 saturated carbocycles. The third-order valence-corrected chi connectivity index (χ3v) is 6.79. The highest BCUT2D eigenvalue weighted by atomic mass is 15.2. The summed E-state index contributed by atoms with van der Waals surface area (Å²) in [4.78, 5) is 21.1. The minimum Gasteiger partial charge on any atom is -0.368 e. The van der Waals surface area contributed by atoms with Gasteiger partial charge >= 0.3 is 0 Å². The van der Waals surface area contributed by atoms with Crippen molar-refractivity contribution >= 4 is 34.1 Å². The maximum Gasteiger partial charge on any atom is 0.230 e. The van der Waals surface area contributed by atoms with Gasteiger partial charge in [-0.1, -0.05) is 12.8 Å². The highest BCUT2D eigenvalue weighted by Crippen LogP contribution is 2.35. The van der Waals surface area contributed by atoms with E-state index in [-0.39, 0.29) is 0 Å². The molecule has 1 saturated heterocycles. The van der Waals surface area contributed by atoms with Gasteiger partial charge in [-0.15, -0.1) is 0 Å². The maximum atomic E-state index is 4.89. The van der Waals surface area contributed by atoms with Crippen molar-refractivity contribution in [3.63, 3.8) is 0 Å². The topological polar surface area (TPSA) is 83.3 Å². The van der Waals surface area contributed by atoms with Crippen LogP contribution < -0.4 is 15.5 Å². The summed E-state index contributed by atoms with van der Waals surface area (Å²) in [6.45, 7) is 6.17. The minimum atomic E-state index is 0.554. The van der Waals surface area contributed by atoms with Crippen molar-refractivity contribution in [1.29, 1.82) is 0 Å². The molecule has 1 aliphatic carbocycles. The van der Waals surface area contributed by atoms with Crippen LogP contribution in [0.5, 0.6) is 0 Å². The van der Waals surface area contributed by atoms with E-state index in [1.807, 2.05) is 24.7 Å². The van der Waals surface area contributed by atoms with Crippen LogP contribution in [0.25, 0.3) is 16.7 Å². The number of imidazole rings is 1. The zero-order valence-electron chi connectivity index (χ0n) is 18.4. The van der Waals surface area contributed by atoms with E-state index >= 15 is 0 Å². The number of anilines is 3. The zero-order chi connectivity index (χ0) is 21.5. The lowest BCUT2D eigenvalue weighted by Crippen LogP contribution is -2.43. The second-order valence-electron chi connectivity index (χ2n) is 8.88. The van der Waals surface area contributed by atoms with E-state index in [1.165, 1.54) is 42.6 Å². The second-order valence-corrected chi connectivity index (χ2v) is 8.88. The fourth-order valence-electron chi connectivity index (χ4n) is 5.11. The van der Waals surface area contributed by atoms with Crippen LogP contribution in [0.3, 0.4) is 0 Å². The van der Waals surface area contributed by atoms with Crippen LogP contribution in [0, 0.1) is 6.92 Å². The van der Waals surface area contributed by atoms with Crippen molar-refractivity contribution in [3.05, 3.63) is 48.0 Å². The molecule has 2 fully saturated rings. The SMILES string of the molecule is Cc1cc(Nc2ncc3ccc4ncc(C5CCCC5)n4c3n2)ncc1N1CCNCC1.